The maximum absolute atomic E-state index is 12.7. The minimum absolute atomic E-state index is 0.143. The van der Waals surface area contributed by atoms with Gasteiger partial charge in [0, 0.05) is 37.9 Å². The van der Waals surface area contributed by atoms with Crippen LogP contribution in [0.25, 0.3) is 0 Å². The normalized spacial score (nSPS) is 17.3. The van der Waals surface area contributed by atoms with Crippen LogP contribution in [0.4, 0.5) is 5.69 Å². The minimum Gasteiger partial charge on any atom is -0.495 e. The van der Waals surface area contributed by atoms with Crippen LogP contribution in [0.1, 0.15) is 0 Å². The second-order valence-electron chi connectivity index (χ2n) is 4.79. The summed E-state index contributed by atoms with van der Waals surface area (Å²) in [6, 6.07) is 4.56. The zero-order valence-electron chi connectivity index (χ0n) is 11.9. The fourth-order valence-corrected chi connectivity index (χ4v) is 3.85. The van der Waals surface area contributed by atoms with E-state index in [-0.39, 0.29) is 10.6 Å². The molecule has 1 aliphatic heterocycles. The number of piperazine rings is 1. The molecule has 1 fully saturated rings. The van der Waals surface area contributed by atoms with Crippen LogP contribution in [0, 0.1) is 12.3 Å². The molecule has 0 aliphatic carbocycles. The Hall–Kier alpha value is -1.75. The molecule has 7 heteroatoms. The molecule has 0 saturated carbocycles. The summed E-state index contributed by atoms with van der Waals surface area (Å²) in [4.78, 5) is 2.19. The lowest BCUT2D eigenvalue weighted by Crippen LogP contribution is -2.48. The van der Waals surface area contributed by atoms with E-state index in [9.17, 15) is 8.42 Å². The summed E-state index contributed by atoms with van der Waals surface area (Å²) in [5.74, 6) is 2.84. The maximum Gasteiger partial charge on any atom is 0.246 e. The molecule has 0 bridgehead atoms. The Bertz CT molecular complexity index is 644. The number of nitrogens with zero attached hydrogens (tertiary/aromatic N) is 2. The fourth-order valence-electron chi connectivity index (χ4n) is 2.29. The minimum atomic E-state index is -3.59. The van der Waals surface area contributed by atoms with Crippen LogP contribution in [-0.2, 0) is 10.0 Å². The summed E-state index contributed by atoms with van der Waals surface area (Å²) in [6.45, 7) is 2.62. The summed E-state index contributed by atoms with van der Waals surface area (Å²) >= 11 is 0. The molecule has 0 unspecified atom stereocenters. The van der Waals surface area contributed by atoms with Crippen molar-refractivity contribution in [2.75, 3.05) is 45.6 Å². The summed E-state index contributed by atoms with van der Waals surface area (Å²) in [5.41, 5.74) is 6.13. The van der Waals surface area contributed by atoms with Crippen molar-refractivity contribution in [3.63, 3.8) is 0 Å². The average molecular weight is 309 g/mol. The molecule has 1 heterocycles. The van der Waals surface area contributed by atoms with Crippen molar-refractivity contribution in [1.29, 1.82) is 0 Å². The molecule has 1 aromatic rings. The van der Waals surface area contributed by atoms with E-state index in [1.165, 1.54) is 23.5 Å². The molecule has 0 spiro atoms. The first kappa shape index (κ1) is 15.6. The first-order valence-corrected chi connectivity index (χ1v) is 8.02. The number of sulfonamides is 1. The number of rotatable bonds is 4. The van der Waals surface area contributed by atoms with E-state index in [0.717, 1.165) is 0 Å². The van der Waals surface area contributed by atoms with Crippen LogP contribution < -0.4 is 10.5 Å². The van der Waals surface area contributed by atoms with Crippen LogP contribution in [0.15, 0.2) is 23.1 Å². The highest BCUT2D eigenvalue weighted by Gasteiger charge is 2.30. The molecular weight excluding hydrogens is 290 g/mol. The van der Waals surface area contributed by atoms with E-state index in [0.29, 0.717) is 38.4 Å². The molecule has 0 aromatic heterocycles. The number of anilines is 1. The molecule has 2 rings (SSSR count). The van der Waals surface area contributed by atoms with Gasteiger partial charge >= 0.3 is 0 Å². The Kier molecular flexibility index (Phi) is 4.73. The summed E-state index contributed by atoms with van der Waals surface area (Å²) in [5, 5.41) is 0. The molecule has 0 radical (unpaired) electrons. The number of terminal acetylenes is 1. The van der Waals surface area contributed by atoms with E-state index in [2.05, 4.69) is 5.92 Å². The SMILES string of the molecule is C#CCN1CCN(S(=O)(=O)c2ccc(N)cc2OC)CC1. The Balaban J connectivity index is 2.22. The number of hydrogen-bond donors (Lipinski definition) is 1. The molecule has 114 valence electrons. The van der Waals surface area contributed by atoms with Crippen molar-refractivity contribution >= 4 is 15.7 Å². The van der Waals surface area contributed by atoms with Gasteiger partial charge < -0.3 is 10.5 Å². The smallest absolute Gasteiger partial charge is 0.246 e. The van der Waals surface area contributed by atoms with Gasteiger partial charge in [0.15, 0.2) is 0 Å². The van der Waals surface area contributed by atoms with Crippen LogP contribution in [-0.4, -0.2) is 57.5 Å². The van der Waals surface area contributed by atoms with E-state index >= 15 is 0 Å². The zero-order chi connectivity index (χ0) is 15.5. The molecular formula is C14H19N3O3S. The molecule has 21 heavy (non-hydrogen) atoms. The molecule has 0 amide bonds. The Morgan fingerprint density at radius 3 is 2.57 bits per heavy atom. The molecule has 6 nitrogen and oxygen atoms in total. The number of methoxy groups -OCH3 is 1. The lowest BCUT2D eigenvalue weighted by atomic mass is 10.3. The largest absolute Gasteiger partial charge is 0.495 e. The van der Waals surface area contributed by atoms with Gasteiger partial charge in [0.25, 0.3) is 0 Å². The Morgan fingerprint density at radius 2 is 2.00 bits per heavy atom. The van der Waals surface area contributed by atoms with E-state index in [1.54, 1.807) is 6.07 Å². The highest BCUT2D eigenvalue weighted by molar-refractivity contribution is 7.89. The second kappa shape index (κ2) is 6.35. The van der Waals surface area contributed by atoms with Gasteiger partial charge in [-0.25, -0.2) is 8.42 Å². The van der Waals surface area contributed by atoms with Crippen molar-refractivity contribution < 1.29 is 13.2 Å². The topological polar surface area (TPSA) is 75.9 Å². The standard InChI is InChI=1S/C14H19N3O3S/c1-3-6-16-7-9-17(10-8-16)21(18,19)14-5-4-12(15)11-13(14)20-2/h1,4-5,11H,6-10,15H2,2H3. The molecule has 1 aromatic carbocycles. The zero-order valence-corrected chi connectivity index (χ0v) is 12.8. The third-order valence-electron chi connectivity index (χ3n) is 3.45. The van der Waals surface area contributed by atoms with E-state index in [1.807, 2.05) is 4.90 Å². The monoisotopic (exact) mass is 309 g/mol. The van der Waals surface area contributed by atoms with Crippen molar-refractivity contribution in [3.8, 4) is 18.1 Å². The third kappa shape index (κ3) is 3.29. The quantitative estimate of drug-likeness (QED) is 0.636. The van der Waals surface area contributed by atoms with Gasteiger partial charge in [-0.3, -0.25) is 4.90 Å². The summed E-state index contributed by atoms with van der Waals surface area (Å²) < 4.78 is 32.0. The maximum atomic E-state index is 12.7. The fraction of sp³-hybridized carbons (Fsp3) is 0.429. The number of nitrogens with two attached hydrogens (primary N) is 1. The molecule has 1 saturated heterocycles. The predicted molar refractivity (Wildman–Crippen MR) is 81.4 cm³/mol. The van der Waals surface area contributed by atoms with Crippen molar-refractivity contribution in [2.24, 2.45) is 0 Å². The van der Waals surface area contributed by atoms with Gasteiger partial charge in [0.2, 0.25) is 10.0 Å². The molecule has 1 aliphatic rings. The Morgan fingerprint density at radius 1 is 1.33 bits per heavy atom. The Labute approximate surface area is 125 Å². The number of nitrogen functional groups attached to an aromatic ring is 1. The van der Waals surface area contributed by atoms with Gasteiger partial charge in [-0.1, -0.05) is 5.92 Å². The lowest BCUT2D eigenvalue weighted by Gasteiger charge is -2.33. The second-order valence-corrected chi connectivity index (χ2v) is 6.70. The predicted octanol–water partition coefficient (Wildman–Crippen LogP) is 0.217. The van der Waals surface area contributed by atoms with E-state index < -0.39 is 10.0 Å². The third-order valence-corrected chi connectivity index (χ3v) is 5.39. The van der Waals surface area contributed by atoms with Gasteiger partial charge in [-0.15, -0.1) is 6.42 Å². The van der Waals surface area contributed by atoms with Crippen molar-refractivity contribution in [2.45, 2.75) is 4.90 Å². The van der Waals surface area contributed by atoms with E-state index in [4.69, 9.17) is 16.9 Å². The van der Waals surface area contributed by atoms with Crippen LogP contribution in [0.5, 0.6) is 5.75 Å². The molecule has 2 N–H and O–H groups in total. The van der Waals surface area contributed by atoms with Gasteiger partial charge in [0.05, 0.1) is 13.7 Å². The summed E-state index contributed by atoms with van der Waals surface area (Å²) in [6.07, 6.45) is 5.27. The van der Waals surface area contributed by atoms with Gasteiger partial charge in [-0.05, 0) is 12.1 Å². The average Bonchev–Trinajstić information content (AvgIpc) is 2.47. The first-order chi connectivity index (χ1) is 9.98. The number of hydrogen-bond acceptors (Lipinski definition) is 5. The highest BCUT2D eigenvalue weighted by Crippen LogP contribution is 2.29. The van der Waals surface area contributed by atoms with Crippen LogP contribution in [0.2, 0.25) is 0 Å². The number of benzene rings is 1. The van der Waals surface area contributed by atoms with Gasteiger partial charge in [-0.2, -0.15) is 4.31 Å². The van der Waals surface area contributed by atoms with Crippen LogP contribution in [0.3, 0.4) is 0 Å². The molecule has 0 atom stereocenters. The van der Waals surface area contributed by atoms with Gasteiger partial charge in [0.1, 0.15) is 10.6 Å². The van der Waals surface area contributed by atoms with Crippen LogP contribution >= 0.6 is 0 Å². The van der Waals surface area contributed by atoms with Crippen molar-refractivity contribution in [3.05, 3.63) is 18.2 Å². The number of ether oxygens (including phenoxy) is 1. The van der Waals surface area contributed by atoms with Crippen molar-refractivity contribution in [1.82, 2.24) is 9.21 Å². The summed E-state index contributed by atoms with van der Waals surface area (Å²) in [7, 11) is -2.16. The first-order valence-electron chi connectivity index (χ1n) is 6.58. The highest BCUT2D eigenvalue weighted by atomic mass is 32.2. The lowest BCUT2D eigenvalue weighted by molar-refractivity contribution is 0.206.